The van der Waals surface area contributed by atoms with Crippen molar-refractivity contribution in [3.63, 3.8) is 0 Å². The first kappa shape index (κ1) is 21.0. The Morgan fingerprint density at radius 3 is 2.47 bits per heavy atom. The van der Waals surface area contributed by atoms with E-state index in [4.69, 9.17) is 13.9 Å². The Balaban J connectivity index is 1.37. The van der Waals surface area contributed by atoms with Crippen molar-refractivity contribution in [1.82, 2.24) is 4.90 Å². The smallest absolute Gasteiger partial charge is 0.338 e. The number of esters is 1. The molecule has 2 aromatic carbocycles. The van der Waals surface area contributed by atoms with E-state index in [2.05, 4.69) is 0 Å². The van der Waals surface area contributed by atoms with E-state index in [1.165, 1.54) is 31.4 Å². The Morgan fingerprint density at radius 2 is 1.72 bits per heavy atom. The van der Waals surface area contributed by atoms with Crippen LogP contribution in [0.5, 0.6) is 5.75 Å². The first-order valence-electron chi connectivity index (χ1n) is 9.88. The van der Waals surface area contributed by atoms with E-state index in [0.29, 0.717) is 17.1 Å². The number of carbonyl (C=O) groups excluding carboxylic acids is 4. The van der Waals surface area contributed by atoms with Crippen LogP contribution in [0.25, 0.3) is 0 Å². The van der Waals surface area contributed by atoms with Gasteiger partial charge in [-0.15, -0.1) is 0 Å². The molecule has 8 nitrogen and oxygen atoms in total. The van der Waals surface area contributed by atoms with E-state index in [0.717, 1.165) is 4.90 Å². The Morgan fingerprint density at radius 1 is 0.938 bits per heavy atom. The van der Waals surface area contributed by atoms with Crippen LogP contribution >= 0.6 is 0 Å². The minimum absolute atomic E-state index is 0.0121. The molecule has 2 amide bonds. The number of Topliss-reactive ketones (excluding diaryl/α,β-unsaturated/α-hetero) is 1. The summed E-state index contributed by atoms with van der Waals surface area (Å²) < 4.78 is 16.0. The van der Waals surface area contributed by atoms with Crippen LogP contribution in [0.4, 0.5) is 0 Å². The van der Waals surface area contributed by atoms with Crippen LogP contribution in [0, 0.1) is 0 Å². The molecule has 0 bridgehead atoms. The molecule has 1 aromatic heterocycles. The summed E-state index contributed by atoms with van der Waals surface area (Å²) in [6.07, 6.45) is 1.46. The van der Waals surface area contributed by atoms with Gasteiger partial charge in [0.15, 0.2) is 5.78 Å². The fourth-order valence-electron chi connectivity index (χ4n) is 3.37. The predicted molar refractivity (Wildman–Crippen MR) is 112 cm³/mol. The van der Waals surface area contributed by atoms with Crippen LogP contribution in [0.2, 0.25) is 0 Å². The summed E-state index contributed by atoms with van der Waals surface area (Å²) in [6.45, 7) is 1.45. The minimum atomic E-state index is -0.652. The average molecular weight is 433 g/mol. The van der Waals surface area contributed by atoms with Crippen molar-refractivity contribution in [2.75, 3.05) is 13.2 Å². The van der Waals surface area contributed by atoms with E-state index in [1.807, 2.05) is 0 Å². The van der Waals surface area contributed by atoms with Crippen LogP contribution in [-0.4, -0.2) is 41.7 Å². The average Bonchev–Trinajstić information content (AvgIpc) is 3.39. The van der Waals surface area contributed by atoms with Crippen molar-refractivity contribution in [1.29, 1.82) is 0 Å². The van der Waals surface area contributed by atoms with Crippen LogP contribution in [-0.2, 0) is 11.3 Å². The van der Waals surface area contributed by atoms with Crippen molar-refractivity contribution in [3.05, 3.63) is 88.9 Å². The highest BCUT2D eigenvalue weighted by Crippen LogP contribution is 2.26. The molecular weight excluding hydrogens is 414 g/mol. The molecule has 0 saturated carbocycles. The molecule has 1 aliphatic rings. The molecule has 3 aromatic rings. The fraction of sp³-hybridized carbons (Fsp3) is 0.167. The number of imide groups is 1. The molecule has 0 unspecified atom stereocenters. The Labute approximate surface area is 183 Å². The van der Waals surface area contributed by atoms with Gasteiger partial charge >= 0.3 is 5.97 Å². The molecule has 0 radical (unpaired) electrons. The van der Waals surface area contributed by atoms with E-state index in [9.17, 15) is 19.2 Å². The number of furan rings is 1. The zero-order valence-corrected chi connectivity index (χ0v) is 17.2. The monoisotopic (exact) mass is 433 g/mol. The number of amides is 2. The summed E-state index contributed by atoms with van der Waals surface area (Å²) in [5.74, 6) is -0.837. The summed E-state index contributed by atoms with van der Waals surface area (Å²) in [4.78, 5) is 50.3. The Bertz CT molecular complexity index is 1200. The molecule has 1 aliphatic heterocycles. The lowest BCUT2D eigenvalue weighted by Gasteiger charge is -2.11. The highest BCUT2D eigenvalue weighted by Gasteiger charge is 2.36. The van der Waals surface area contributed by atoms with Gasteiger partial charge in [-0.25, -0.2) is 4.79 Å². The number of ketones is 1. The van der Waals surface area contributed by atoms with Crippen molar-refractivity contribution < 1.29 is 33.1 Å². The first-order valence-corrected chi connectivity index (χ1v) is 9.88. The maximum Gasteiger partial charge on any atom is 0.338 e. The minimum Gasteiger partial charge on any atom is -0.489 e. The summed E-state index contributed by atoms with van der Waals surface area (Å²) in [6, 6.07) is 14.4. The van der Waals surface area contributed by atoms with Crippen LogP contribution in [0.3, 0.4) is 0 Å². The van der Waals surface area contributed by atoms with E-state index < -0.39 is 17.8 Å². The largest absolute Gasteiger partial charge is 0.489 e. The Hall–Kier alpha value is -4.20. The van der Waals surface area contributed by atoms with Crippen LogP contribution < -0.4 is 4.74 Å². The summed E-state index contributed by atoms with van der Waals surface area (Å²) in [5.41, 5.74) is 0.957. The predicted octanol–water partition coefficient (Wildman–Crippen LogP) is 3.51. The molecule has 4 rings (SSSR count). The number of fused-ring (bicyclic) bond motifs is 1. The number of carbonyl (C=O) groups is 4. The van der Waals surface area contributed by atoms with Gasteiger partial charge in [0.1, 0.15) is 24.7 Å². The maximum atomic E-state index is 12.7. The molecule has 0 spiro atoms. The zero-order chi connectivity index (χ0) is 22.7. The fourth-order valence-corrected chi connectivity index (χ4v) is 3.37. The summed E-state index contributed by atoms with van der Waals surface area (Å²) in [7, 11) is 0. The second-order valence-corrected chi connectivity index (χ2v) is 7.07. The first-order chi connectivity index (χ1) is 15.5. The van der Waals surface area contributed by atoms with Crippen molar-refractivity contribution >= 4 is 23.6 Å². The number of ether oxygens (including phenoxy) is 2. The maximum absolute atomic E-state index is 12.7. The number of rotatable bonds is 8. The lowest BCUT2D eigenvalue weighted by molar-refractivity contribution is 0.0449. The molecule has 0 fully saturated rings. The van der Waals surface area contributed by atoms with Gasteiger partial charge in [0.05, 0.1) is 35.1 Å². The third kappa shape index (κ3) is 4.15. The molecule has 0 atom stereocenters. The number of benzene rings is 2. The topological polar surface area (TPSA) is 103 Å². The third-order valence-corrected chi connectivity index (χ3v) is 4.94. The second kappa shape index (κ2) is 8.89. The van der Waals surface area contributed by atoms with Gasteiger partial charge in [-0.2, -0.15) is 0 Å². The molecule has 0 N–H and O–H groups in total. The third-order valence-electron chi connectivity index (χ3n) is 4.94. The Kier molecular flexibility index (Phi) is 5.85. The molecule has 0 aliphatic carbocycles. The lowest BCUT2D eigenvalue weighted by Crippen LogP contribution is -2.28. The quantitative estimate of drug-likeness (QED) is 0.232. The molecule has 162 valence electrons. The van der Waals surface area contributed by atoms with E-state index in [1.54, 1.807) is 36.4 Å². The molecule has 2 heterocycles. The van der Waals surface area contributed by atoms with E-state index >= 15 is 0 Å². The highest BCUT2D eigenvalue weighted by molar-refractivity contribution is 6.21. The van der Waals surface area contributed by atoms with Crippen LogP contribution in [0.15, 0.2) is 65.3 Å². The number of nitrogens with zero attached hydrogens (tertiary/aromatic N) is 1. The standard InChI is InChI=1S/C24H19NO7/c1-15(26)18-6-2-3-7-21(18)31-11-12-32-24(29)16-8-9-19-20(13-16)23(28)25(22(19)27)14-17-5-4-10-30-17/h2-10,13H,11-12,14H2,1H3. The van der Waals surface area contributed by atoms with Gasteiger partial charge in [-0.05, 0) is 49.4 Å². The van der Waals surface area contributed by atoms with Gasteiger partial charge in [-0.3, -0.25) is 19.3 Å². The number of para-hydroxylation sites is 1. The van der Waals surface area contributed by atoms with E-state index in [-0.39, 0.29) is 42.2 Å². The van der Waals surface area contributed by atoms with Crippen molar-refractivity contribution in [3.8, 4) is 5.75 Å². The normalized spacial score (nSPS) is 12.6. The van der Waals surface area contributed by atoms with Crippen LogP contribution in [0.1, 0.15) is 54.1 Å². The second-order valence-electron chi connectivity index (χ2n) is 7.07. The number of hydrogen-bond donors (Lipinski definition) is 0. The van der Waals surface area contributed by atoms with Crippen molar-refractivity contribution in [2.24, 2.45) is 0 Å². The van der Waals surface area contributed by atoms with Gasteiger partial charge in [0.25, 0.3) is 11.8 Å². The molecule has 32 heavy (non-hydrogen) atoms. The number of hydrogen-bond acceptors (Lipinski definition) is 7. The molecule has 8 heteroatoms. The zero-order valence-electron chi connectivity index (χ0n) is 17.2. The molecular formula is C24H19NO7. The summed E-state index contributed by atoms with van der Waals surface area (Å²) >= 11 is 0. The lowest BCUT2D eigenvalue weighted by atomic mass is 10.1. The van der Waals surface area contributed by atoms with Crippen molar-refractivity contribution in [2.45, 2.75) is 13.5 Å². The molecule has 0 saturated heterocycles. The highest BCUT2D eigenvalue weighted by atomic mass is 16.6. The SMILES string of the molecule is CC(=O)c1ccccc1OCCOC(=O)c1ccc2c(c1)C(=O)N(Cc1ccco1)C2=O. The van der Waals surface area contributed by atoms with Gasteiger partial charge in [-0.1, -0.05) is 12.1 Å². The van der Waals surface area contributed by atoms with Gasteiger partial charge < -0.3 is 13.9 Å². The van der Waals surface area contributed by atoms with Gasteiger partial charge in [0, 0.05) is 0 Å². The summed E-state index contributed by atoms with van der Waals surface area (Å²) in [5, 5.41) is 0. The van der Waals surface area contributed by atoms with Gasteiger partial charge in [0.2, 0.25) is 0 Å².